The van der Waals surface area contributed by atoms with Crippen LogP contribution in [-0.2, 0) is 4.57 Å². The summed E-state index contributed by atoms with van der Waals surface area (Å²) >= 11 is 0. The number of fused-ring (bicyclic) bond motifs is 3. The lowest BCUT2D eigenvalue weighted by Gasteiger charge is -2.56. The molecular weight excluding hydrogens is 275 g/mol. The quantitative estimate of drug-likeness (QED) is 0.558. The van der Waals surface area contributed by atoms with E-state index in [4.69, 9.17) is 0 Å². The Morgan fingerprint density at radius 3 is 2.71 bits per heavy atom. The molecule has 0 aromatic rings. The molecule has 0 saturated heterocycles. The molecule has 1 saturated carbocycles. The molecule has 0 bridgehead atoms. The van der Waals surface area contributed by atoms with Gasteiger partial charge in [0.1, 0.15) is 0 Å². The van der Waals surface area contributed by atoms with Crippen LogP contribution >= 0.6 is 8.46 Å². The lowest BCUT2D eigenvalue weighted by atomic mass is 9.51. The van der Waals surface area contributed by atoms with Crippen LogP contribution in [0.5, 0.6) is 0 Å². The van der Waals surface area contributed by atoms with Gasteiger partial charge in [-0.05, 0) is 67.8 Å². The summed E-state index contributed by atoms with van der Waals surface area (Å²) in [6.45, 7) is 9.37. The molecule has 0 unspecified atom stereocenters. The smallest absolute Gasteiger partial charge is 0.162 e. The zero-order valence-corrected chi connectivity index (χ0v) is 14.9. The maximum Gasteiger partial charge on any atom is 0.162 e. The van der Waals surface area contributed by atoms with E-state index in [1.54, 1.807) is 11.1 Å². The highest BCUT2D eigenvalue weighted by Gasteiger charge is 2.54. The first-order valence-electron chi connectivity index (χ1n) is 8.66. The van der Waals surface area contributed by atoms with Gasteiger partial charge in [-0.2, -0.15) is 0 Å². The van der Waals surface area contributed by atoms with E-state index in [0.29, 0.717) is 31.6 Å². The summed E-state index contributed by atoms with van der Waals surface area (Å²) in [6.07, 6.45) is 12.3. The van der Waals surface area contributed by atoms with Crippen LogP contribution in [0.4, 0.5) is 0 Å². The Morgan fingerprint density at radius 2 is 2.05 bits per heavy atom. The van der Waals surface area contributed by atoms with Gasteiger partial charge in [0, 0.05) is 0 Å². The van der Waals surface area contributed by atoms with Crippen molar-refractivity contribution in [1.29, 1.82) is 0 Å². The van der Waals surface area contributed by atoms with Gasteiger partial charge >= 0.3 is 0 Å². The molecule has 2 heteroatoms. The molecule has 0 N–H and O–H groups in total. The summed E-state index contributed by atoms with van der Waals surface area (Å²) in [5.41, 5.74) is 3.57. The van der Waals surface area contributed by atoms with E-state index in [1.165, 1.54) is 25.7 Å². The molecule has 0 heterocycles. The monoisotopic (exact) mass is 304 g/mol. The summed E-state index contributed by atoms with van der Waals surface area (Å²) in [5.74, 6) is 1.95. The molecule has 3 rings (SSSR count). The Balaban J connectivity index is 1.99. The van der Waals surface area contributed by atoms with E-state index in [-0.39, 0.29) is 5.16 Å². The van der Waals surface area contributed by atoms with Crippen molar-refractivity contribution in [2.45, 2.75) is 71.4 Å². The molecule has 0 radical (unpaired) electrons. The van der Waals surface area contributed by atoms with Gasteiger partial charge in [-0.3, -0.25) is 4.57 Å². The van der Waals surface area contributed by atoms with E-state index in [9.17, 15) is 4.57 Å². The second kappa shape index (κ2) is 5.34. The van der Waals surface area contributed by atoms with Gasteiger partial charge in [0.25, 0.3) is 0 Å². The molecule has 3 aliphatic carbocycles. The van der Waals surface area contributed by atoms with E-state index in [1.807, 2.05) is 0 Å². The van der Waals surface area contributed by atoms with Crippen molar-refractivity contribution in [2.75, 3.05) is 0 Å². The van der Waals surface area contributed by atoms with Gasteiger partial charge in [0.15, 0.2) is 8.46 Å². The van der Waals surface area contributed by atoms with E-state index in [0.717, 1.165) is 12.8 Å². The summed E-state index contributed by atoms with van der Waals surface area (Å²) in [5, 5.41) is -0.00291. The van der Waals surface area contributed by atoms with Gasteiger partial charge in [-0.15, -0.1) is 0 Å². The molecule has 0 spiro atoms. The fourth-order valence-electron chi connectivity index (χ4n) is 5.42. The fourth-order valence-corrected chi connectivity index (χ4v) is 6.20. The SMILES string of the molecule is CC(C)C1=CC2=CC[C@@H]3[C@](C)(CCC[C@@]3(C)P=O)[C@H]2CC1. The van der Waals surface area contributed by atoms with Gasteiger partial charge in [-0.25, -0.2) is 0 Å². The molecule has 21 heavy (non-hydrogen) atoms. The van der Waals surface area contributed by atoms with Crippen molar-refractivity contribution >= 4 is 8.46 Å². The third kappa shape index (κ3) is 2.37. The van der Waals surface area contributed by atoms with Crippen LogP contribution in [0.1, 0.15) is 66.2 Å². The fraction of sp³-hybridized carbons (Fsp3) is 0.789. The Labute approximate surface area is 131 Å². The Bertz CT molecular complexity index is 504. The maximum atomic E-state index is 11.8. The van der Waals surface area contributed by atoms with Crippen molar-refractivity contribution in [3.05, 3.63) is 23.3 Å². The summed E-state index contributed by atoms with van der Waals surface area (Å²) in [7, 11) is 0.366. The Morgan fingerprint density at radius 1 is 1.29 bits per heavy atom. The Kier molecular flexibility index (Phi) is 3.93. The van der Waals surface area contributed by atoms with Gasteiger partial charge < -0.3 is 0 Å². The third-order valence-corrected chi connectivity index (χ3v) is 7.71. The van der Waals surface area contributed by atoms with Crippen LogP contribution in [-0.4, -0.2) is 5.16 Å². The lowest BCUT2D eigenvalue weighted by molar-refractivity contribution is 0.0233. The van der Waals surface area contributed by atoms with Crippen LogP contribution in [0.15, 0.2) is 23.3 Å². The number of hydrogen-bond donors (Lipinski definition) is 0. The maximum absolute atomic E-state index is 11.8. The zero-order chi connectivity index (χ0) is 15.3. The second-order valence-electron chi connectivity index (χ2n) is 8.27. The molecule has 0 amide bonds. The van der Waals surface area contributed by atoms with E-state index < -0.39 is 0 Å². The minimum absolute atomic E-state index is 0.00291. The first-order chi connectivity index (χ1) is 9.90. The molecule has 0 aromatic carbocycles. The molecule has 0 aliphatic heterocycles. The zero-order valence-electron chi connectivity index (χ0n) is 14.0. The standard InChI is InChI=1S/C19H29OP/c1-13(2)14-6-8-16-15(12-14)7-9-17-18(16,3)10-5-11-19(17,4)21-20/h7,12-13,16-17H,5-6,8-11H2,1-4H3/t16-,17+,18+,19+/m0/s1. The topological polar surface area (TPSA) is 17.1 Å². The van der Waals surface area contributed by atoms with Gasteiger partial charge in [0.05, 0.1) is 5.16 Å². The van der Waals surface area contributed by atoms with E-state index >= 15 is 0 Å². The van der Waals surface area contributed by atoms with E-state index in [2.05, 4.69) is 39.8 Å². The first kappa shape index (κ1) is 15.5. The highest BCUT2D eigenvalue weighted by atomic mass is 31.1. The number of hydrogen-bond acceptors (Lipinski definition) is 1. The van der Waals surface area contributed by atoms with Crippen molar-refractivity contribution in [3.8, 4) is 0 Å². The van der Waals surface area contributed by atoms with Crippen LogP contribution in [0, 0.1) is 23.2 Å². The normalized spacial score (nSPS) is 43.1. The lowest BCUT2D eigenvalue weighted by Crippen LogP contribution is -2.51. The largest absolute Gasteiger partial charge is 0.274 e. The van der Waals surface area contributed by atoms with Gasteiger partial charge in [0.2, 0.25) is 0 Å². The van der Waals surface area contributed by atoms with Crippen molar-refractivity contribution in [2.24, 2.45) is 23.2 Å². The van der Waals surface area contributed by atoms with Crippen LogP contribution < -0.4 is 0 Å². The van der Waals surface area contributed by atoms with Crippen molar-refractivity contribution in [3.63, 3.8) is 0 Å². The molecule has 116 valence electrons. The molecular formula is C19H29OP. The van der Waals surface area contributed by atoms with Crippen molar-refractivity contribution in [1.82, 2.24) is 0 Å². The first-order valence-corrected chi connectivity index (χ1v) is 9.47. The number of allylic oxidation sites excluding steroid dienone is 4. The molecule has 1 fully saturated rings. The van der Waals surface area contributed by atoms with Gasteiger partial charge in [-0.1, -0.05) is 44.9 Å². The summed E-state index contributed by atoms with van der Waals surface area (Å²) < 4.78 is 11.8. The predicted molar refractivity (Wildman–Crippen MR) is 89.8 cm³/mol. The van der Waals surface area contributed by atoms with Crippen LogP contribution in [0.3, 0.4) is 0 Å². The highest BCUT2D eigenvalue weighted by molar-refractivity contribution is 7.26. The third-order valence-electron chi connectivity index (χ3n) is 6.76. The molecule has 1 nitrogen and oxygen atoms in total. The minimum atomic E-state index is -0.00291. The Hall–Kier alpha value is -0.420. The second-order valence-corrected chi connectivity index (χ2v) is 9.47. The highest BCUT2D eigenvalue weighted by Crippen LogP contribution is 2.62. The average Bonchev–Trinajstić information content (AvgIpc) is 2.46. The summed E-state index contributed by atoms with van der Waals surface area (Å²) in [4.78, 5) is 0. The molecule has 0 aromatic heterocycles. The summed E-state index contributed by atoms with van der Waals surface area (Å²) in [6, 6.07) is 0. The van der Waals surface area contributed by atoms with Crippen LogP contribution in [0.2, 0.25) is 0 Å². The molecule has 4 atom stereocenters. The molecule has 3 aliphatic rings. The van der Waals surface area contributed by atoms with Crippen LogP contribution in [0.25, 0.3) is 0 Å². The average molecular weight is 304 g/mol. The van der Waals surface area contributed by atoms with Crippen molar-refractivity contribution < 1.29 is 4.57 Å². The predicted octanol–water partition coefficient (Wildman–Crippen LogP) is 6.17. The number of rotatable bonds is 2. The minimum Gasteiger partial charge on any atom is -0.274 e.